The number of amides is 1. The summed E-state index contributed by atoms with van der Waals surface area (Å²) < 4.78 is 6.32. The molecule has 0 spiro atoms. The van der Waals surface area contributed by atoms with Gasteiger partial charge in [-0.1, -0.05) is 44.2 Å². The van der Waals surface area contributed by atoms with Crippen LogP contribution in [0.1, 0.15) is 36.7 Å². The van der Waals surface area contributed by atoms with Gasteiger partial charge in [-0.15, -0.1) is 12.4 Å². The van der Waals surface area contributed by atoms with Crippen LogP contribution in [0, 0.1) is 0 Å². The second-order valence-corrected chi connectivity index (χ2v) is 9.43. The molecule has 0 radical (unpaired) electrons. The van der Waals surface area contributed by atoms with E-state index < -0.39 is 0 Å². The third-order valence-electron chi connectivity index (χ3n) is 4.83. The monoisotopic (exact) mass is 447 g/mol. The molecule has 30 heavy (non-hydrogen) atoms. The first-order valence-corrected chi connectivity index (χ1v) is 10.5. The van der Waals surface area contributed by atoms with Crippen LogP contribution in [0.25, 0.3) is 10.2 Å². The van der Waals surface area contributed by atoms with E-state index in [9.17, 15) is 4.79 Å². The Morgan fingerprint density at radius 2 is 1.73 bits per heavy atom. The summed E-state index contributed by atoms with van der Waals surface area (Å²) in [7, 11) is 5.66. The molecule has 2 aromatic carbocycles. The molecule has 0 N–H and O–H groups in total. The zero-order valence-corrected chi connectivity index (χ0v) is 20.1. The first-order chi connectivity index (χ1) is 13.7. The summed E-state index contributed by atoms with van der Waals surface area (Å²) >= 11 is 1.51. The molecule has 0 aliphatic rings. The van der Waals surface area contributed by atoms with Crippen LogP contribution in [0.3, 0.4) is 0 Å². The summed E-state index contributed by atoms with van der Waals surface area (Å²) in [4.78, 5) is 21.9. The molecule has 0 saturated carbocycles. The number of ether oxygens (including phenoxy) is 1. The fourth-order valence-corrected chi connectivity index (χ4v) is 4.01. The number of benzene rings is 2. The molecular formula is C23H30ClN3O2S. The van der Waals surface area contributed by atoms with Crippen LogP contribution in [-0.2, 0) is 5.41 Å². The molecule has 0 unspecified atom stereocenters. The Hall–Kier alpha value is -2.15. The molecular weight excluding hydrogens is 418 g/mol. The smallest absolute Gasteiger partial charge is 0.260 e. The zero-order chi connectivity index (χ0) is 21.2. The maximum atomic E-state index is 13.4. The van der Waals surface area contributed by atoms with E-state index in [1.54, 1.807) is 12.0 Å². The van der Waals surface area contributed by atoms with Crippen LogP contribution in [0.4, 0.5) is 5.13 Å². The highest BCUT2D eigenvalue weighted by atomic mass is 35.5. The number of fused-ring (bicyclic) bond motifs is 1. The standard InChI is InChI=1S/C23H29N3O2S.ClH/c1-23(2,3)17-9-7-16(8-10-17)21(27)26(14-13-25(4)5)22-24-19-12-11-18(28-6)15-20(19)29-22;/h7-12,15H,13-14H2,1-6H3;1H. The average Bonchev–Trinajstić information content (AvgIpc) is 3.09. The van der Waals surface area contributed by atoms with Gasteiger partial charge in [0.15, 0.2) is 5.13 Å². The number of methoxy groups -OCH3 is 1. The van der Waals surface area contributed by atoms with E-state index in [1.807, 2.05) is 56.6 Å². The van der Waals surface area contributed by atoms with Gasteiger partial charge in [0, 0.05) is 18.7 Å². The number of hydrogen-bond donors (Lipinski definition) is 0. The maximum absolute atomic E-state index is 13.4. The van der Waals surface area contributed by atoms with E-state index in [0.29, 0.717) is 17.2 Å². The second kappa shape index (κ2) is 9.77. The summed E-state index contributed by atoms with van der Waals surface area (Å²) in [6.45, 7) is 7.84. The van der Waals surface area contributed by atoms with E-state index in [-0.39, 0.29) is 23.7 Å². The van der Waals surface area contributed by atoms with Crippen molar-refractivity contribution in [3.63, 3.8) is 0 Å². The average molecular weight is 448 g/mol. The van der Waals surface area contributed by atoms with Crippen LogP contribution < -0.4 is 9.64 Å². The number of carbonyl (C=O) groups is 1. The predicted molar refractivity (Wildman–Crippen MR) is 129 cm³/mol. The Morgan fingerprint density at radius 3 is 2.30 bits per heavy atom. The van der Waals surface area contributed by atoms with Gasteiger partial charge < -0.3 is 9.64 Å². The van der Waals surface area contributed by atoms with Gasteiger partial charge in [0.25, 0.3) is 5.91 Å². The van der Waals surface area contributed by atoms with Crippen LogP contribution >= 0.6 is 23.7 Å². The Morgan fingerprint density at radius 1 is 1.07 bits per heavy atom. The lowest BCUT2D eigenvalue weighted by molar-refractivity contribution is 0.0985. The van der Waals surface area contributed by atoms with Gasteiger partial charge in [0.1, 0.15) is 5.75 Å². The number of thiazole rings is 1. The minimum absolute atomic E-state index is 0. The van der Waals surface area contributed by atoms with Crippen molar-refractivity contribution in [1.82, 2.24) is 9.88 Å². The molecule has 162 valence electrons. The molecule has 0 fully saturated rings. The molecule has 3 aromatic rings. The van der Waals surface area contributed by atoms with Crippen molar-refractivity contribution in [3.05, 3.63) is 53.6 Å². The number of carbonyl (C=O) groups excluding carboxylic acids is 1. The predicted octanol–water partition coefficient (Wildman–Crippen LogP) is 5.23. The van der Waals surface area contributed by atoms with Crippen LogP contribution in [0.15, 0.2) is 42.5 Å². The number of likely N-dealkylation sites (N-methyl/N-ethyl adjacent to an activating group) is 1. The summed E-state index contributed by atoms with van der Waals surface area (Å²) in [6.07, 6.45) is 0. The molecule has 5 nitrogen and oxygen atoms in total. The topological polar surface area (TPSA) is 45.7 Å². The van der Waals surface area contributed by atoms with Crippen LogP contribution in [0.5, 0.6) is 5.75 Å². The van der Waals surface area contributed by atoms with Crippen molar-refractivity contribution in [1.29, 1.82) is 0 Å². The van der Waals surface area contributed by atoms with E-state index in [0.717, 1.165) is 22.5 Å². The minimum atomic E-state index is -0.0293. The molecule has 0 aliphatic carbocycles. The van der Waals surface area contributed by atoms with Crippen LogP contribution in [-0.4, -0.2) is 50.1 Å². The van der Waals surface area contributed by atoms with Crippen molar-refractivity contribution in [2.24, 2.45) is 0 Å². The molecule has 0 atom stereocenters. The molecule has 7 heteroatoms. The third-order valence-corrected chi connectivity index (χ3v) is 5.87. The summed E-state index contributed by atoms with van der Waals surface area (Å²) in [5.74, 6) is 0.759. The SMILES string of the molecule is COc1ccc2nc(N(CCN(C)C)C(=O)c3ccc(C(C)(C)C)cc3)sc2c1.Cl. The van der Waals surface area contributed by atoms with Crippen molar-refractivity contribution in [2.45, 2.75) is 26.2 Å². The second-order valence-electron chi connectivity index (χ2n) is 8.42. The molecule has 0 saturated heterocycles. The third kappa shape index (κ3) is 5.50. The van der Waals surface area contributed by atoms with Gasteiger partial charge in [-0.3, -0.25) is 9.69 Å². The fraction of sp³-hybridized carbons (Fsp3) is 0.391. The number of nitrogens with zero attached hydrogens (tertiary/aromatic N) is 3. The molecule has 1 amide bonds. The van der Waals surface area contributed by atoms with Gasteiger partial charge >= 0.3 is 0 Å². The van der Waals surface area contributed by atoms with Crippen molar-refractivity contribution in [3.8, 4) is 5.75 Å². The molecule has 1 heterocycles. The Bertz CT molecular complexity index is 994. The Kier molecular flexibility index (Phi) is 7.86. The zero-order valence-electron chi connectivity index (χ0n) is 18.4. The van der Waals surface area contributed by atoms with Crippen molar-refractivity contribution in [2.75, 3.05) is 39.2 Å². The number of halogens is 1. The molecule has 1 aromatic heterocycles. The number of rotatable bonds is 6. The Labute approximate surface area is 189 Å². The van der Waals surface area contributed by atoms with E-state index >= 15 is 0 Å². The number of hydrogen-bond acceptors (Lipinski definition) is 5. The molecule has 3 rings (SSSR count). The number of anilines is 1. The summed E-state index contributed by atoms with van der Waals surface area (Å²) in [6, 6.07) is 13.7. The Balaban J connectivity index is 0.00000320. The molecule has 0 bridgehead atoms. The normalized spacial score (nSPS) is 11.4. The largest absolute Gasteiger partial charge is 0.497 e. The highest BCUT2D eigenvalue weighted by Gasteiger charge is 2.22. The van der Waals surface area contributed by atoms with Crippen molar-refractivity contribution >= 4 is 45.0 Å². The van der Waals surface area contributed by atoms with Gasteiger partial charge in [0.2, 0.25) is 0 Å². The minimum Gasteiger partial charge on any atom is -0.497 e. The highest BCUT2D eigenvalue weighted by molar-refractivity contribution is 7.22. The summed E-state index contributed by atoms with van der Waals surface area (Å²) in [5.41, 5.74) is 2.81. The lowest BCUT2D eigenvalue weighted by atomic mass is 9.86. The first-order valence-electron chi connectivity index (χ1n) is 9.71. The fourth-order valence-electron chi connectivity index (χ4n) is 2.99. The first kappa shape index (κ1) is 24.1. The van der Waals surface area contributed by atoms with Crippen molar-refractivity contribution < 1.29 is 9.53 Å². The maximum Gasteiger partial charge on any atom is 0.260 e. The summed E-state index contributed by atoms with van der Waals surface area (Å²) in [5, 5.41) is 0.708. The van der Waals surface area contributed by atoms with Gasteiger partial charge in [-0.2, -0.15) is 0 Å². The highest BCUT2D eigenvalue weighted by Crippen LogP contribution is 2.32. The number of aromatic nitrogens is 1. The van der Waals surface area contributed by atoms with Gasteiger partial charge in [-0.05, 0) is 55.4 Å². The molecule has 0 aliphatic heterocycles. The van der Waals surface area contributed by atoms with Gasteiger partial charge in [0.05, 0.1) is 17.3 Å². The van der Waals surface area contributed by atoms with E-state index in [4.69, 9.17) is 9.72 Å². The lowest BCUT2D eigenvalue weighted by Gasteiger charge is -2.23. The van der Waals surface area contributed by atoms with Gasteiger partial charge in [-0.25, -0.2) is 4.98 Å². The van der Waals surface area contributed by atoms with E-state index in [1.165, 1.54) is 16.9 Å². The lowest BCUT2D eigenvalue weighted by Crippen LogP contribution is -2.36. The van der Waals surface area contributed by atoms with Crippen LogP contribution in [0.2, 0.25) is 0 Å². The van der Waals surface area contributed by atoms with E-state index in [2.05, 4.69) is 25.7 Å². The quantitative estimate of drug-likeness (QED) is 0.518.